The predicted molar refractivity (Wildman–Crippen MR) is 80.3 cm³/mol. The lowest BCUT2D eigenvalue weighted by Gasteiger charge is -2.03. The van der Waals surface area contributed by atoms with E-state index >= 15 is 0 Å². The molecule has 0 heterocycles. The highest BCUT2D eigenvalue weighted by Crippen LogP contribution is 2.09. The van der Waals surface area contributed by atoms with Crippen molar-refractivity contribution in [2.45, 2.75) is 18.7 Å². The van der Waals surface area contributed by atoms with Crippen molar-refractivity contribution in [3.63, 3.8) is 0 Å². The molecule has 0 aliphatic heterocycles. The summed E-state index contributed by atoms with van der Waals surface area (Å²) in [5, 5.41) is 3.80. The van der Waals surface area contributed by atoms with Crippen LogP contribution in [0, 0.1) is 13.8 Å². The molecule has 0 bridgehead atoms. The summed E-state index contributed by atoms with van der Waals surface area (Å²) < 4.78 is 23.8. The maximum Gasteiger partial charge on any atom is 0.276 e. The summed E-state index contributed by atoms with van der Waals surface area (Å²) in [6, 6.07) is 14.0. The van der Waals surface area contributed by atoms with Gasteiger partial charge in [-0.15, -0.1) is 0 Å². The van der Waals surface area contributed by atoms with E-state index in [0.717, 1.165) is 11.1 Å². The zero-order valence-corrected chi connectivity index (χ0v) is 12.2. The van der Waals surface area contributed by atoms with E-state index in [0.29, 0.717) is 0 Å². The van der Waals surface area contributed by atoms with Gasteiger partial charge in [-0.1, -0.05) is 36.4 Å². The van der Waals surface area contributed by atoms with Gasteiger partial charge in [0.25, 0.3) is 10.0 Å². The number of hydrogen-bond donors (Lipinski definition) is 1. The molecule has 0 saturated heterocycles. The van der Waals surface area contributed by atoms with E-state index in [1.807, 2.05) is 32.0 Å². The molecular weight excluding hydrogens is 272 g/mol. The number of nitrogens with one attached hydrogen (secondary N) is 1. The Bertz CT molecular complexity index is 723. The second-order valence-corrected chi connectivity index (χ2v) is 6.17. The van der Waals surface area contributed by atoms with Crippen LogP contribution in [0.4, 0.5) is 0 Å². The summed E-state index contributed by atoms with van der Waals surface area (Å²) in [4.78, 5) is 2.39. The SMILES string of the molecule is Cc1ccc(/C=N\NS(=O)(=O)c2ccccc2)cc1C. The van der Waals surface area contributed by atoms with Crippen molar-refractivity contribution in [3.05, 3.63) is 65.2 Å². The fourth-order valence-electron chi connectivity index (χ4n) is 1.67. The Balaban J connectivity index is 2.12. The highest BCUT2D eigenvalue weighted by molar-refractivity contribution is 7.89. The number of rotatable bonds is 4. The van der Waals surface area contributed by atoms with Gasteiger partial charge in [-0.25, -0.2) is 4.83 Å². The van der Waals surface area contributed by atoms with Gasteiger partial charge in [-0.05, 0) is 42.7 Å². The third-order valence-corrected chi connectivity index (χ3v) is 4.21. The van der Waals surface area contributed by atoms with Crippen molar-refractivity contribution >= 4 is 16.2 Å². The fourth-order valence-corrected chi connectivity index (χ4v) is 2.48. The Morgan fingerprint density at radius 1 is 1.00 bits per heavy atom. The summed E-state index contributed by atoms with van der Waals surface area (Å²) >= 11 is 0. The molecule has 0 spiro atoms. The van der Waals surface area contributed by atoms with Crippen molar-refractivity contribution in [1.29, 1.82) is 0 Å². The average molecular weight is 288 g/mol. The van der Waals surface area contributed by atoms with Gasteiger partial charge in [0, 0.05) is 0 Å². The van der Waals surface area contributed by atoms with Gasteiger partial charge in [-0.2, -0.15) is 13.5 Å². The van der Waals surface area contributed by atoms with Crippen LogP contribution in [0.25, 0.3) is 0 Å². The molecule has 1 N–H and O–H groups in total. The summed E-state index contributed by atoms with van der Waals surface area (Å²) in [5.41, 5.74) is 3.18. The Kier molecular flexibility index (Phi) is 4.20. The van der Waals surface area contributed by atoms with E-state index in [1.54, 1.807) is 18.2 Å². The number of aryl methyl sites for hydroxylation is 2. The second-order valence-electron chi connectivity index (χ2n) is 4.51. The van der Waals surface area contributed by atoms with Gasteiger partial charge in [0.05, 0.1) is 11.1 Å². The smallest absolute Gasteiger partial charge is 0.200 e. The van der Waals surface area contributed by atoms with Crippen LogP contribution in [0.15, 0.2) is 58.5 Å². The topological polar surface area (TPSA) is 58.5 Å². The van der Waals surface area contributed by atoms with Gasteiger partial charge < -0.3 is 0 Å². The van der Waals surface area contributed by atoms with E-state index in [-0.39, 0.29) is 4.90 Å². The standard InChI is InChI=1S/C15H16N2O2S/c1-12-8-9-14(10-13(12)2)11-16-17-20(18,19)15-6-4-3-5-7-15/h3-11,17H,1-2H3/b16-11-. The second kappa shape index (κ2) is 5.88. The molecule has 0 aliphatic rings. The van der Waals surface area contributed by atoms with Gasteiger partial charge in [0.2, 0.25) is 0 Å². The first-order valence-electron chi connectivity index (χ1n) is 6.16. The molecule has 0 unspecified atom stereocenters. The summed E-state index contributed by atoms with van der Waals surface area (Å²) in [7, 11) is -3.60. The summed E-state index contributed by atoms with van der Waals surface area (Å²) in [6.07, 6.45) is 1.49. The molecule has 104 valence electrons. The quantitative estimate of drug-likeness (QED) is 0.694. The van der Waals surface area contributed by atoms with Crippen LogP contribution >= 0.6 is 0 Å². The van der Waals surface area contributed by atoms with Crippen LogP contribution in [-0.4, -0.2) is 14.6 Å². The third-order valence-electron chi connectivity index (χ3n) is 2.97. The fraction of sp³-hybridized carbons (Fsp3) is 0.133. The first-order valence-corrected chi connectivity index (χ1v) is 7.64. The molecule has 0 aromatic heterocycles. The molecule has 0 radical (unpaired) electrons. The first kappa shape index (κ1) is 14.3. The van der Waals surface area contributed by atoms with Gasteiger partial charge in [0.1, 0.15) is 0 Å². The number of benzene rings is 2. The molecule has 4 nitrogen and oxygen atoms in total. The molecule has 2 aromatic rings. The third kappa shape index (κ3) is 3.45. The van der Waals surface area contributed by atoms with Gasteiger partial charge >= 0.3 is 0 Å². The molecule has 5 heteroatoms. The monoisotopic (exact) mass is 288 g/mol. The highest BCUT2D eigenvalue weighted by Gasteiger charge is 2.10. The van der Waals surface area contributed by atoms with E-state index < -0.39 is 10.0 Å². The summed E-state index contributed by atoms with van der Waals surface area (Å²) in [6.45, 7) is 4.02. The minimum absolute atomic E-state index is 0.192. The Morgan fingerprint density at radius 2 is 1.70 bits per heavy atom. The predicted octanol–water partition coefficient (Wildman–Crippen LogP) is 2.62. The van der Waals surface area contributed by atoms with Gasteiger partial charge in [-0.3, -0.25) is 0 Å². The molecule has 2 rings (SSSR count). The van der Waals surface area contributed by atoms with Gasteiger partial charge in [0.15, 0.2) is 0 Å². The molecule has 0 aliphatic carbocycles. The normalized spacial score (nSPS) is 11.7. The lowest BCUT2D eigenvalue weighted by Crippen LogP contribution is -2.18. The zero-order chi connectivity index (χ0) is 14.6. The number of nitrogens with zero attached hydrogens (tertiary/aromatic N) is 1. The minimum atomic E-state index is -3.60. The van der Waals surface area contributed by atoms with E-state index in [9.17, 15) is 8.42 Å². The molecule has 20 heavy (non-hydrogen) atoms. The zero-order valence-electron chi connectivity index (χ0n) is 11.4. The van der Waals surface area contributed by atoms with Crippen molar-refractivity contribution < 1.29 is 8.42 Å². The maximum absolute atomic E-state index is 11.9. The first-order chi connectivity index (χ1) is 9.49. The average Bonchev–Trinajstić information content (AvgIpc) is 2.44. The summed E-state index contributed by atoms with van der Waals surface area (Å²) in [5.74, 6) is 0. The molecular formula is C15H16N2O2S. The van der Waals surface area contributed by atoms with Crippen LogP contribution < -0.4 is 4.83 Å². The maximum atomic E-state index is 11.9. The van der Waals surface area contributed by atoms with E-state index in [2.05, 4.69) is 9.93 Å². The molecule has 0 fully saturated rings. The molecule has 0 saturated carbocycles. The lowest BCUT2D eigenvalue weighted by molar-refractivity contribution is 0.584. The van der Waals surface area contributed by atoms with Crippen LogP contribution in [0.1, 0.15) is 16.7 Å². The number of hydrazone groups is 1. The Labute approximate surface area is 119 Å². The molecule has 0 amide bonds. The minimum Gasteiger partial charge on any atom is -0.200 e. The highest BCUT2D eigenvalue weighted by atomic mass is 32.2. The van der Waals surface area contributed by atoms with E-state index in [4.69, 9.17) is 0 Å². The number of hydrogen-bond acceptors (Lipinski definition) is 3. The number of sulfonamides is 1. The van der Waals surface area contributed by atoms with Crippen molar-refractivity contribution in [2.75, 3.05) is 0 Å². The molecule has 2 aromatic carbocycles. The van der Waals surface area contributed by atoms with Crippen molar-refractivity contribution in [2.24, 2.45) is 5.10 Å². The Morgan fingerprint density at radius 3 is 2.35 bits per heavy atom. The van der Waals surface area contributed by atoms with Crippen LogP contribution in [0.2, 0.25) is 0 Å². The van der Waals surface area contributed by atoms with Crippen molar-refractivity contribution in [1.82, 2.24) is 4.83 Å². The van der Waals surface area contributed by atoms with Crippen LogP contribution in [0.5, 0.6) is 0 Å². The largest absolute Gasteiger partial charge is 0.276 e. The molecule has 0 atom stereocenters. The van der Waals surface area contributed by atoms with E-state index in [1.165, 1.54) is 23.9 Å². The Hall–Kier alpha value is -2.14. The van der Waals surface area contributed by atoms with Crippen LogP contribution in [-0.2, 0) is 10.0 Å². The lowest BCUT2D eigenvalue weighted by atomic mass is 10.1. The van der Waals surface area contributed by atoms with Crippen LogP contribution in [0.3, 0.4) is 0 Å². The van der Waals surface area contributed by atoms with Crippen molar-refractivity contribution in [3.8, 4) is 0 Å².